The minimum atomic E-state index is -3.88. The molecule has 0 aliphatic carbocycles. The van der Waals surface area contributed by atoms with Gasteiger partial charge in [-0.05, 0) is 67.1 Å². The summed E-state index contributed by atoms with van der Waals surface area (Å²) in [5.74, 6) is 1.58. The van der Waals surface area contributed by atoms with Gasteiger partial charge in [-0.25, -0.2) is 8.42 Å². The molecular weight excluding hydrogens is 416 g/mol. The fourth-order valence-electron chi connectivity index (χ4n) is 3.35. The van der Waals surface area contributed by atoms with Gasteiger partial charge in [0, 0.05) is 12.7 Å². The maximum atomic E-state index is 13.0. The number of hydrogen-bond acceptors (Lipinski definition) is 5. The van der Waals surface area contributed by atoms with Gasteiger partial charge in [-0.2, -0.15) is 0 Å². The van der Waals surface area contributed by atoms with E-state index >= 15 is 0 Å². The second kappa shape index (κ2) is 8.31. The minimum Gasteiger partial charge on any atom is -0.494 e. The predicted molar refractivity (Wildman–Crippen MR) is 118 cm³/mol. The first-order chi connectivity index (χ1) is 14.9. The summed E-state index contributed by atoms with van der Waals surface area (Å²) in [4.78, 5) is 13.5. The van der Waals surface area contributed by atoms with Crippen LogP contribution in [-0.2, 0) is 21.2 Å². The lowest BCUT2D eigenvalue weighted by Crippen LogP contribution is -2.20. The smallest absolute Gasteiger partial charge is 0.262 e. The van der Waals surface area contributed by atoms with E-state index in [-0.39, 0.29) is 17.2 Å². The summed E-state index contributed by atoms with van der Waals surface area (Å²) in [7, 11) is -2.20. The Balaban J connectivity index is 1.57. The van der Waals surface area contributed by atoms with Gasteiger partial charge in [-0.3, -0.25) is 9.52 Å². The van der Waals surface area contributed by atoms with Crippen LogP contribution in [0.1, 0.15) is 12.5 Å². The van der Waals surface area contributed by atoms with E-state index in [4.69, 9.17) is 9.47 Å². The van der Waals surface area contributed by atoms with E-state index < -0.39 is 10.0 Å². The average Bonchev–Trinajstić information content (AvgIpc) is 3.04. The van der Waals surface area contributed by atoms with Crippen molar-refractivity contribution in [3.8, 4) is 17.2 Å². The molecule has 3 aromatic carbocycles. The summed E-state index contributed by atoms with van der Waals surface area (Å²) >= 11 is 0. The van der Waals surface area contributed by atoms with E-state index in [2.05, 4.69) is 4.72 Å². The molecule has 7 nitrogen and oxygen atoms in total. The lowest BCUT2D eigenvalue weighted by atomic mass is 10.2. The summed E-state index contributed by atoms with van der Waals surface area (Å²) in [5, 5.41) is 0. The quantitative estimate of drug-likeness (QED) is 0.598. The summed E-state index contributed by atoms with van der Waals surface area (Å²) in [6.45, 7) is 2.47. The van der Waals surface area contributed by atoms with Crippen LogP contribution in [0.25, 0.3) is 0 Å². The Morgan fingerprint density at radius 2 is 1.71 bits per heavy atom. The molecule has 0 aromatic heterocycles. The molecule has 3 aromatic rings. The fourth-order valence-corrected chi connectivity index (χ4v) is 4.48. The largest absolute Gasteiger partial charge is 0.494 e. The van der Waals surface area contributed by atoms with Gasteiger partial charge in [0.15, 0.2) is 5.75 Å². The van der Waals surface area contributed by atoms with Gasteiger partial charge < -0.3 is 14.4 Å². The number of carbonyl (C=O) groups is 1. The number of rotatable bonds is 7. The molecule has 1 aliphatic heterocycles. The molecule has 8 heteroatoms. The van der Waals surface area contributed by atoms with Crippen molar-refractivity contribution in [1.29, 1.82) is 0 Å². The molecule has 0 radical (unpaired) electrons. The Hall–Kier alpha value is -3.52. The van der Waals surface area contributed by atoms with E-state index in [9.17, 15) is 13.2 Å². The zero-order chi connectivity index (χ0) is 22.0. The Morgan fingerprint density at radius 1 is 1.00 bits per heavy atom. The Morgan fingerprint density at radius 3 is 2.45 bits per heavy atom. The zero-order valence-corrected chi connectivity index (χ0v) is 18.0. The number of anilines is 2. The number of sulfonamides is 1. The normalized spacial score (nSPS) is 13.1. The van der Waals surface area contributed by atoms with Crippen LogP contribution < -0.4 is 19.1 Å². The molecule has 1 heterocycles. The maximum Gasteiger partial charge on any atom is 0.262 e. The lowest BCUT2D eigenvalue weighted by molar-refractivity contribution is -0.117. The van der Waals surface area contributed by atoms with Crippen molar-refractivity contribution in [2.75, 3.05) is 23.3 Å². The monoisotopic (exact) mass is 438 g/mol. The van der Waals surface area contributed by atoms with Crippen molar-refractivity contribution in [3.63, 3.8) is 0 Å². The van der Waals surface area contributed by atoms with E-state index in [1.165, 1.54) is 17.0 Å². The second-order valence-electron chi connectivity index (χ2n) is 7.03. The first-order valence-electron chi connectivity index (χ1n) is 9.79. The highest BCUT2D eigenvalue weighted by molar-refractivity contribution is 7.92. The molecule has 4 rings (SSSR count). The molecule has 160 valence electrons. The summed E-state index contributed by atoms with van der Waals surface area (Å²) in [6.07, 6.45) is 0.187. The van der Waals surface area contributed by atoms with Crippen molar-refractivity contribution < 1.29 is 22.7 Å². The number of ether oxygens (including phenoxy) is 2. The van der Waals surface area contributed by atoms with Gasteiger partial charge in [0.05, 0.1) is 23.6 Å². The van der Waals surface area contributed by atoms with Crippen LogP contribution in [0.3, 0.4) is 0 Å². The van der Waals surface area contributed by atoms with Crippen LogP contribution in [0.5, 0.6) is 17.2 Å². The number of amides is 1. The first kappa shape index (κ1) is 20.7. The summed E-state index contributed by atoms with van der Waals surface area (Å²) < 4.78 is 39.9. The third-order valence-electron chi connectivity index (χ3n) is 4.93. The molecule has 0 atom stereocenters. The molecule has 0 saturated heterocycles. The van der Waals surface area contributed by atoms with Crippen LogP contribution in [0.15, 0.2) is 71.6 Å². The van der Waals surface area contributed by atoms with Gasteiger partial charge in [0.2, 0.25) is 5.91 Å². The van der Waals surface area contributed by atoms with Crippen LogP contribution in [-0.4, -0.2) is 28.0 Å². The Kier molecular flexibility index (Phi) is 5.56. The van der Waals surface area contributed by atoms with E-state index in [0.29, 0.717) is 29.4 Å². The fraction of sp³-hybridized carbons (Fsp3) is 0.174. The Bertz CT molecular complexity index is 1220. The van der Waals surface area contributed by atoms with E-state index in [1.54, 1.807) is 61.6 Å². The number of hydrogen-bond donors (Lipinski definition) is 1. The molecule has 0 fully saturated rings. The molecule has 1 N–H and O–H groups in total. The van der Waals surface area contributed by atoms with E-state index in [0.717, 1.165) is 11.4 Å². The number of likely N-dealkylation sites (N-methyl/N-ethyl adjacent to an activating group) is 1. The number of nitrogens with one attached hydrogen (secondary N) is 1. The van der Waals surface area contributed by atoms with Crippen LogP contribution in [0, 0.1) is 0 Å². The van der Waals surface area contributed by atoms with Crippen molar-refractivity contribution in [3.05, 3.63) is 72.3 Å². The minimum absolute atomic E-state index is 0.0633. The number of fused-ring (bicyclic) bond motifs is 1. The highest BCUT2D eigenvalue weighted by Gasteiger charge is 2.26. The SMILES string of the molecule is CCOc1ccc(Oc2ccccc2NS(=O)(=O)c2ccc3c(c2)CC(=O)N3C)cc1. The molecule has 0 spiro atoms. The van der Waals surface area contributed by atoms with Gasteiger partial charge in [0.1, 0.15) is 11.5 Å². The first-order valence-corrected chi connectivity index (χ1v) is 11.3. The predicted octanol–water partition coefficient (Wildman–Crippen LogP) is 4.20. The van der Waals surface area contributed by atoms with Crippen molar-refractivity contribution >= 4 is 27.3 Å². The van der Waals surface area contributed by atoms with Gasteiger partial charge in [0.25, 0.3) is 10.0 Å². The molecule has 0 saturated carbocycles. The third kappa shape index (κ3) is 4.34. The van der Waals surface area contributed by atoms with Gasteiger partial charge >= 0.3 is 0 Å². The van der Waals surface area contributed by atoms with E-state index in [1.807, 2.05) is 6.92 Å². The number of benzene rings is 3. The van der Waals surface area contributed by atoms with Gasteiger partial charge in [-0.1, -0.05) is 12.1 Å². The number of nitrogens with zero attached hydrogens (tertiary/aromatic N) is 1. The van der Waals surface area contributed by atoms with Crippen LogP contribution in [0.2, 0.25) is 0 Å². The molecule has 0 bridgehead atoms. The van der Waals surface area contributed by atoms with Crippen molar-refractivity contribution in [1.82, 2.24) is 0 Å². The van der Waals surface area contributed by atoms with Gasteiger partial charge in [-0.15, -0.1) is 0 Å². The number of carbonyl (C=O) groups excluding carboxylic acids is 1. The van der Waals surface area contributed by atoms with Crippen molar-refractivity contribution in [2.45, 2.75) is 18.2 Å². The average molecular weight is 439 g/mol. The topological polar surface area (TPSA) is 84.9 Å². The van der Waals surface area contributed by atoms with Crippen LogP contribution >= 0.6 is 0 Å². The summed E-state index contributed by atoms with van der Waals surface area (Å²) in [6, 6.07) is 18.6. The molecule has 1 aliphatic rings. The lowest BCUT2D eigenvalue weighted by Gasteiger charge is -2.15. The standard InChI is InChI=1S/C23H22N2O5S/c1-3-29-17-8-10-18(11-9-17)30-22-7-5-4-6-20(22)24-31(27,28)19-12-13-21-16(14-19)15-23(26)25(21)2/h4-14,24H,3,15H2,1-2H3. The third-order valence-corrected chi connectivity index (χ3v) is 6.30. The molecule has 31 heavy (non-hydrogen) atoms. The highest BCUT2D eigenvalue weighted by Crippen LogP contribution is 2.33. The molecular formula is C23H22N2O5S. The Labute approximate surface area is 181 Å². The molecule has 0 unspecified atom stereocenters. The number of para-hydroxylation sites is 2. The second-order valence-corrected chi connectivity index (χ2v) is 8.71. The molecule has 1 amide bonds. The zero-order valence-electron chi connectivity index (χ0n) is 17.2. The van der Waals surface area contributed by atoms with Crippen LogP contribution in [0.4, 0.5) is 11.4 Å². The van der Waals surface area contributed by atoms with Crippen molar-refractivity contribution in [2.24, 2.45) is 0 Å². The maximum absolute atomic E-state index is 13.0. The summed E-state index contributed by atoms with van der Waals surface area (Å²) in [5.41, 5.74) is 1.72. The highest BCUT2D eigenvalue weighted by atomic mass is 32.2.